The maximum absolute atomic E-state index is 12.9. The Morgan fingerprint density at radius 2 is 1.68 bits per heavy atom. The topological polar surface area (TPSA) is 112 Å². The number of carbonyl (C=O) groups is 3. The molecule has 0 spiro atoms. The first-order chi connectivity index (χ1) is 17.6. The Bertz CT molecular complexity index is 1430. The molecular weight excluding hydrogens is 514 g/mol. The van der Waals surface area contributed by atoms with Gasteiger partial charge in [0.25, 0.3) is 16.8 Å². The number of methoxy groups -OCH3 is 1. The molecule has 3 aromatic rings. The molecule has 0 aliphatic carbocycles. The minimum atomic E-state index is -1.00. The minimum Gasteiger partial charge on any atom is -0.467 e. The molecule has 4 rings (SSSR count). The number of imide groups is 1. The molecule has 1 fully saturated rings. The number of esters is 1. The summed E-state index contributed by atoms with van der Waals surface area (Å²) in [5.41, 5.74) is 3.60. The summed E-state index contributed by atoms with van der Waals surface area (Å²) in [5, 5.41) is 10.3. The zero-order valence-electron chi connectivity index (χ0n) is 20.5. The monoisotopic (exact) mass is 537 g/mol. The van der Waals surface area contributed by atoms with Crippen molar-refractivity contribution in [3.05, 3.63) is 86.6 Å². The van der Waals surface area contributed by atoms with Crippen LogP contribution in [0.2, 0.25) is 0 Å². The third-order valence-corrected chi connectivity index (χ3v) is 7.79. The van der Waals surface area contributed by atoms with Crippen LogP contribution in [0.4, 0.5) is 10.5 Å². The molecule has 9 nitrogen and oxygen atoms in total. The molecule has 190 valence electrons. The van der Waals surface area contributed by atoms with Crippen molar-refractivity contribution in [2.45, 2.75) is 36.6 Å². The maximum atomic E-state index is 12.9. The first kappa shape index (κ1) is 26.2. The molecule has 11 heteroatoms. The molecule has 2 amide bonds. The van der Waals surface area contributed by atoms with Crippen molar-refractivity contribution in [2.75, 3.05) is 7.11 Å². The SMILES string of the molecule is COC(=O)[C@H](C)N1C(=O)S/C(=C/c2cc(C)n(-c3ccc(Sc4ccc([N+](=O)[O-])cc4)cc3)c2C)C1=O. The molecular formula is C26H23N3O6S2. The van der Waals surface area contributed by atoms with Gasteiger partial charge in [-0.3, -0.25) is 24.6 Å². The van der Waals surface area contributed by atoms with Gasteiger partial charge in [0.15, 0.2) is 0 Å². The average molecular weight is 538 g/mol. The third kappa shape index (κ3) is 5.32. The molecule has 2 heterocycles. The number of carbonyl (C=O) groups excluding carboxylic acids is 3. The van der Waals surface area contributed by atoms with E-state index in [1.54, 1.807) is 18.2 Å². The summed E-state index contributed by atoms with van der Waals surface area (Å²) in [7, 11) is 1.21. The number of benzene rings is 2. The Hall–Kier alpha value is -3.83. The van der Waals surface area contributed by atoms with E-state index in [2.05, 4.69) is 4.74 Å². The number of aryl methyl sites for hydroxylation is 1. The van der Waals surface area contributed by atoms with Crippen molar-refractivity contribution in [3.8, 4) is 5.69 Å². The largest absolute Gasteiger partial charge is 0.467 e. The van der Waals surface area contributed by atoms with Crippen LogP contribution in [0, 0.1) is 24.0 Å². The number of ether oxygens (including phenoxy) is 1. The standard InChI is InChI=1S/C26H23N3O6S2/c1-15-13-18(14-23-24(30)28(26(32)37-23)17(3)25(31)35-4)16(2)27(15)19-5-9-21(10-6-19)36-22-11-7-20(8-12-22)29(33)34/h5-14,17H,1-4H3/b23-14+/t17-/m0/s1. The van der Waals surface area contributed by atoms with Crippen molar-refractivity contribution in [3.63, 3.8) is 0 Å². The Morgan fingerprint density at radius 3 is 2.24 bits per heavy atom. The molecule has 0 unspecified atom stereocenters. The first-order valence-electron chi connectivity index (χ1n) is 11.2. The van der Waals surface area contributed by atoms with Gasteiger partial charge in [0.2, 0.25) is 0 Å². The molecule has 0 N–H and O–H groups in total. The van der Waals surface area contributed by atoms with Crippen molar-refractivity contribution in [2.24, 2.45) is 0 Å². The number of nitro benzene ring substituents is 1. The van der Waals surface area contributed by atoms with Crippen molar-refractivity contribution in [1.82, 2.24) is 9.47 Å². The maximum Gasteiger partial charge on any atom is 0.328 e. The van der Waals surface area contributed by atoms with Crippen LogP contribution in [0.25, 0.3) is 11.8 Å². The van der Waals surface area contributed by atoms with Crippen molar-refractivity contribution >= 4 is 52.4 Å². The average Bonchev–Trinajstić information content (AvgIpc) is 3.32. The number of nitrogens with zero attached hydrogens (tertiary/aromatic N) is 3. The fraction of sp³-hybridized carbons (Fsp3) is 0.192. The highest BCUT2D eigenvalue weighted by atomic mass is 32.2. The highest BCUT2D eigenvalue weighted by molar-refractivity contribution is 8.18. The molecule has 1 atom stereocenters. The highest BCUT2D eigenvalue weighted by Crippen LogP contribution is 2.35. The number of hydrogen-bond acceptors (Lipinski definition) is 8. The number of rotatable bonds is 7. The van der Waals surface area contributed by atoms with E-state index in [4.69, 9.17) is 0 Å². The lowest BCUT2D eigenvalue weighted by atomic mass is 10.2. The second kappa shape index (κ2) is 10.7. The van der Waals surface area contributed by atoms with Crippen LogP contribution in [0.15, 0.2) is 69.3 Å². The van der Waals surface area contributed by atoms with Gasteiger partial charge in [0.05, 0.1) is 16.9 Å². The van der Waals surface area contributed by atoms with Gasteiger partial charge in [-0.05, 0) is 86.6 Å². The number of thioether (sulfide) groups is 1. The Morgan fingerprint density at radius 1 is 1.08 bits per heavy atom. The summed E-state index contributed by atoms with van der Waals surface area (Å²) in [5.74, 6) is -1.18. The summed E-state index contributed by atoms with van der Waals surface area (Å²) >= 11 is 2.30. The Kier molecular flexibility index (Phi) is 7.55. The fourth-order valence-corrected chi connectivity index (χ4v) is 5.71. The third-order valence-electron chi connectivity index (χ3n) is 5.89. The van der Waals surface area contributed by atoms with Gasteiger partial charge in [0.1, 0.15) is 6.04 Å². The van der Waals surface area contributed by atoms with Gasteiger partial charge in [0, 0.05) is 39.0 Å². The number of non-ortho nitro benzene ring substituents is 1. The smallest absolute Gasteiger partial charge is 0.328 e. The van der Waals surface area contributed by atoms with Crippen LogP contribution >= 0.6 is 23.5 Å². The second-order valence-corrected chi connectivity index (χ2v) is 10.4. The van der Waals surface area contributed by atoms with E-state index in [-0.39, 0.29) is 10.6 Å². The molecule has 1 aromatic heterocycles. The fourth-order valence-electron chi connectivity index (χ4n) is 4.00. The number of nitro groups is 1. The van der Waals surface area contributed by atoms with Crippen molar-refractivity contribution in [1.29, 1.82) is 0 Å². The lowest BCUT2D eigenvalue weighted by molar-refractivity contribution is -0.384. The van der Waals surface area contributed by atoms with Gasteiger partial charge >= 0.3 is 5.97 Å². The van der Waals surface area contributed by atoms with Gasteiger partial charge in [-0.25, -0.2) is 4.79 Å². The number of aromatic nitrogens is 1. The van der Waals surface area contributed by atoms with Crippen LogP contribution in [0.3, 0.4) is 0 Å². The molecule has 0 radical (unpaired) electrons. The Balaban J connectivity index is 1.55. The number of amides is 2. The van der Waals surface area contributed by atoms with Crippen LogP contribution in [0.5, 0.6) is 0 Å². The van der Waals surface area contributed by atoms with Crippen LogP contribution < -0.4 is 0 Å². The molecule has 1 aliphatic rings. The van der Waals surface area contributed by atoms with Crippen LogP contribution in [0.1, 0.15) is 23.9 Å². The summed E-state index contributed by atoms with van der Waals surface area (Å²) in [6, 6.07) is 15.2. The quantitative estimate of drug-likeness (QED) is 0.162. The summed E-state index contributed by atoms with van der Waals surface area (Å²) in [6.45, 7) is 5.34. The molecule has 0 saturated carbocycles. The highest BCUT2D eigenvalue weighted by Gasteiger charge is 2.41. The van der Waals surface area contributed by atoms with E-state index in [0.717, 1.165) is 49.1 Å². The van der Waals surface area contributed by atoms with E-state index in [0.29, 0.717) is 0 Å². The normalized spacial score (nSPS) is 15.4. The molecule has 37 heavy (non-hydrogen) atoms. The van der Waals surface area contributed by atoms with Crippen LogP contribution in [-0.2, 0) is 14.3 Å². The Labute approximate surface area is 221 Å². The molecule has 2 aromatic carbocycles. The summed E-state index contributed by atoms with van der Waals surface area (Å²) in [4.78, 5) is 50.6. The minimum absolute atomic E-state index is 0.0526. The van der Waals surface area contributed by atoms with E-state index in [1.165, 1.54) is 37.9 Å². The second-order valence-electron chi connectivity index (χ2n) is 8.26. The van der Waals surface area contributed by atoms with Gasteiger partial charge in [-0.2, -0.15) is 0 Å². The van der Waals surface area contributed by atoms with Gasteiger partial charge in [-0.1, -0.05) is 11.8 Å². The zero-order valence-corrected chi connectivity index (χ0v) is 22.1. The first-order valence-corrected chi connectivity index (χ1v) is 12.8. The van der Waals surface area contributed by atoms with Crippen LogP contribution in [-0.4, -0.2) is 44.7 Å². The van der Waals surface area contributed by atoms with Crippen molar-refractivity contribution < 1.29 is 24.0 Å². The van der Waals surface area contributed by atoms with E-state index in [9.17, 15) is 24.5 Å². The molecule has 1 aliphatic heterocycles. The zero-order chi connectivity index (χ0) is 26.9. The van der Waals surface area contributed by atoms with E-state index in [1.807, 2.05) is 48.7 Å². The number of hydrogen-bond donors (Lipinski definition) is 0. The predicted molar refractivity (Wildman–Crippen MR) is 142 cm³/mol. The van der Waals surface area contributed by atoms with Gasteiger partial charge < -0.3 is 9.30 Å². The van der Waals surface area contributed by atoms with E-state index < -0.39 is 28.1 Å². The summed E-state index contributed by atoms with van der Waals surface area (Å²) in [6.07, 6.45) is 1.67. The lowest BCUT2D eigenvalue weighted by Crippen LogP contribution is -2.42. The lowest BCUT2D eigenvalue weighted by Gasteiger charge is -2.18. The predicted octanol–water partition coefficient (Wildman–Crippen LogP) is 5.75. The van der Waals surface area contributed by atoms with Gasteiger partial charge in [-0.15, -0.1) is 0 Å². The summed E-state index contributed by atoms with van der Waals surface area (Å²) < 4.78 is 6.72. The molecule has 1 saturated heterocycles. The molecule has 0 bridgehead atoms. The van der Waals surface area contributed by atoms with E-state index >= 15 is 0 Å².